The fourth-order valence-corrected chi connectivity index (χ4v) is 3.86. The summed E-state index contributed by atoms with van der Waals surface area (Å²) in [5.74, 6) is -0.191. The molecule has 21 heavy (non-hydrogen) atoms. The highest BCUT2D eigenvalue weighted by molar-refractivity contribution is 5.95. The first-order valence-electron chi connectivity index (χ1n) is 7.98. The van der Waals surface area contributed by atoms with E-state index in [1.807, 2.05) is 12.1 Å². The Morgan fingerprint density at radius 1 is 1.33 bits per heavy atom. The monoisotopic (exact) mass is 285 g/mol. The van der Waals surface area contributed by atoms with Crippen LogP contribution in [0.2, 0.25) is 0 Å². The number of nitrogens with zero attached hydrogens (tertiary/aromatic N) is 1. The minimum Gasteiger partial charge on any atom is -0.478 e. The quantitative estimate of drug-likeness (QED) is 0.899. The zero-order valence-electron chi connectivity index (χ0n) is 12.9. The van der Waals surface area contributed by atoms with E-state index in [0.29, 0.717) is 11.5 Å². The van der Waals surface area contributed by atoms with Crippen LogP contribution in [0.1, 0.15) is 66.6 Å². The molecule has 2 aromatic rings. The number of carboxylic acid groups (broad SMARTS) is 1. The third kappa shape index (κ3) is 2.35. The van der Waals surface area contributed by atoms with Crippen LogP contribution in [0.5, 0.6) is 0 Å². The minimum absolute atomic E-state index is 0.379. The van der Waals surface area contributed by atoms with Crippen molar-refractivity contribution in [1.82, 2.24) is 4.57 Å². The summed E-state index contributed by atoms with van der Waals surface area (Å²) in [5.41, 5.74) is 4.34. The fourth-order valence-electron chi connectivity index (χ4n) is 3.86. The van der Waals surface area contributed by atoms with E-state index in [4.69, 9.17) is 0 Å². The Balaban J connectivity index is 2.22. The smallest absolute Gasteiger partial charge is 0.335 e. The van der Waals surface area contributed by atoms with E-state index in [1.165, 1.54) is 42.3 Å². The van der Waals surface area contributed by atoms with Crippen molar-refractivity contribution < 1.29 is 9.90 Å². The number of aromatic carboxylic acids is 1. The molecule has 0 radical (unpaired) electrons. The Bertz CT molecular complexity index is 678. The van der Waals surface area contributed by atoms with Crippen molar-refractivity contribution in [3.63, 3.8) is 0 Å². The van der Waals surface area contributed by atoms with Gasteiger partial charge in [0.05, 0.1) is 5.56 Å². The van der Waals surface area contributed by atoms with Crippen molar-refractivity contribution >= 4 is 16.9 Å². The van der Waals surface area contributed by atoms with Gasteiger partial charge in [0.1, 0.15) is 0 Å². The molecule has 0 amide bonds. The number of aromatic nitrogens is 1. The van der Waals surface area contributed by atoms with Crippen molar-refractivity contribution in [3.05, 3.63) is 35.0 Å². The average Bonchev–Trinajstić information content (AvgIpc) is 3.07. The molecule has 1 heterocycles. The van der Waals surface area contributed by atoms with E-state index in [2.05, 4.69) is 18.5 Å². The molecule has 0 unspecified atom stereocenters. The first-order valence-corrected chi connectivity index (χ1v) is 7.98. The van der Waals surface area contributed by atoms with Crippen LogP contribution in [-0.4, -0.2) is 15.6 Å². The van der Waals surface area contributed by atoms with E-state index in [0.717, 1.165) is 18.4 Å². The Morgan fingerprint density at radius 3 is 2.67 bits per heavy atom. The number of aryl methyl sites for hydroxylation is 1. The lowest BCUT2D eigenvalue weighted by atomic mass is 9.93. The second kappa shape index (κ2) is 5.55. The van der Waals surface area contributed by atoms with Crippen LogP contribution < -0.4 is 0 Å². The summed E-state index contributed by atoms with van der Waals surface area (Å²) >= 11 is 0. The molecule has 1 saturated carbocycles. The molecule has 1 aliphatic rings. The Labute approximate surface area is 125 Å². The van der Waals surface area contributed by atoms with Gasteiger partial charge in [0.15, 0.2) is 0 Å². The number of benzene rings is 1. The molecule has 0 bridgehead atoms. The molecular formula is C18H23NO2. The van der Waals surface area contributed by atoms with E-state index in [9.17, 15) is 9.90 Å². The van der Waals surface area contributed by atoms with Crippen LogP contribution >= 0.6 is 0 Å². The van der Waals surface area contributed by atoms with Gasteiger partial charge in [-0.05, 0) is 42.9 Å². The zero-order valence-corrected chi connectivity index (χ0v) is 12.9. The molecule has 0 aliphatic heterocycles. The van der Waals surface area contributed by atoms with Crippen LogP contribution in [-0.2, 0) is 13.5 Å². The second-order valence-corrected chi connectivity index (χ2v) is 6.19. The number of hydrogen-bond donors (Lipinski definition) is 1. The Hall–Kier alpha value is -1.77. The van der Waals surface area contributed by atoms with Gasteiger partial charge < -0.3 is 9.67 Å². The van der Waals surface area contributed by atoms with E-state index in [-0.39, 0.29) is 0 Å². The molecule has 0 atom stereocenters. The summed E-state index contributed by atoms with van der Waals surface area (Å²) < 4.78 is 2.22. The summed E-state index contributed by atoms with van der Waals surface area (Å²) in [4.78, 5) is 11.2. The van der Waals surface area contributed by atoms with Gasteiger partial charge >= 0.3 is 5.97 Å². The van der Waals surface area contributed by atoms with Crippen LogP contribution in [0, 0.1) is 0 Å². The van der Waals surface area contributed by atoms with Crippen LogP contribution in [0.15, 0.2) is 18.2 Å². The maximum Gasteiger partial charge on any atom is 0.335 e. The highest BCUT2D eigenvalue weighted by atomic mass is 16.4. The molecule has 3 heteroatoms. The van der Waals surface area contributed by atoms with Crippen LogP contribution in [0.4, 0.5) is 0 Å². The van der Waals surface area contributed by atoms with Gasteiger partial charge in [-0.2, -0.15) is 0 Å². The third-order valence-electron chi connectivity index (χ3n) is 4.86. The number of rotatable bonds is 4. The number of carbonyl (C=O) groups is 1. The molecular weight excluding hydrogens is 262 g/mol. The van der Waals surface area contributed by atoms with Crippen molar-refractivity contribution in [1.29, 1.82) is 0 Å². The molecule has 1 aromatic carbocycles. The van der Waals surface area contributed by atoms with Gasteiger partial charge in [0.25, 0.3) is 0 Å². The van der Waals surface area contributed by atoms with Gasteiger partial charge in [-0.25, -0.2) is 4.79 Å². The van der Waals surface area contributed by atoms with E-state index < -0.39 is 5.97 Å². The summed E-state index contributed by atoms with van der Waals surface area (Å²) in [7, 11) is 2.08. The normalized spacial score (nSPS) is 15.9. The number of carboxylic acids is 1. The maximum atomic E-state index is 11.2. The molecule has 1 aromatic heterocycles. The van der Waals surface area contributed by atoms with Crippen LogP contribution in [0.25, 0.3) is 10.9 Å². The first kappa shape index (κ1) is 14.2. The SMILES string of the molecule is CCCc1c(C2CCCC2)c2ccc(C(=O)O)cc2n1C. The van der Waals surface area contributed by atoms with Crippen molar-refractivity contribution in [2.45, 2.75) is 51.4 Å². The maximum absolute atomic E-state index is 11.2. The van der Waals surface area contributed by atoms with Gasteiger partial charge in [-0.15, -0.1) is 0 Å². The van der Waals surface area contributed by atoms with Crippen LogP contribution in [0.3, 0.4) is 0 Å². The van der Waals surface area contributed by atoms with Gasteiger partial charge in [0.2, 0.25) is 0 Å². The van der Waals surface area contributed by atoms with Crippen molar-refractivity contribution in [2.75, 3.05) is 0 Å². The predicted molar refractivity (Wildman–Crippen MR) is 85.1 cm³/mol. The van der Waals surface area contributed by atoms with E-state index >= 15 is 0 Å². The molecule has 1 N–H and O–H groups in total. The molecule has 1 fully saturated rings. The lowest BCUT2D eigenvalue weighted by molar-refractivity contribution is 0.0697. The molecule has 0 spiro atoms. The van der Waals surface area contributed by atoms with Gasteiger partial charge in [-0.3, -0.25) is 0 Å². The average molecular weight is 285 g/mol. The summed E-state index contributed by atoms with van der Waals surface area (Å²) in [6.07, 6.45) is 7.38. The molecule has 1 aliphatic carbocycles. The fraction of sp³-hybridized carbons (Fsp3) is 0.500. The Kier molecular flexibility index (Phi) is 3.75. The van der Waals surface area contributed by atoms with Crippen molar-refractivity contribution in [3.8, 4) is 0 Å². The standard InChI is InChI=1S/C18H23NO2/c1-3-6-15-17(12-7-4-5-8-12)14-10-9-13(18(20)21)11-16(14)19(15)2/h9-12H,3-8H2,1-2H3,(H,20,21). The summed E-state index contributed by atoms with van der Waals surface area (Å²) in [6.45, 7) is 2.21. The topological polar surface area (TPSA) is 42.2 Å². The number of hydrogen-bond acceptors (Lipinski definition) is 1. The highest BCUT2D eigenvalue weighted by Gasteiger charge is 2.25. The summed E-state index contributed by atoms with van der Waals surface area (Å²) in [6, 6.07) is 5.60. The highest BCUT2D eigenvalue weighted by Crippen LogP contribution is 2.41. The van der Waals surface area contributed by atoms with Gasteiger partial charge in [0, 0.05) is 23.6 Å². The predicted octanol–water partition coefficient (Wildman–Crippen LogP) is 4.49. The Morgan fingerprint density at radius 2 is 2.05 bits per heavy atom. The van der Waals surface area contributed by atoms with Gasteiger partial charge in [-0.1, -0.05) is 32.3 Å². The molecule has 0 saturated heterocycles. The lowest BCUT2D eigenvalue weighted by Crippen LogP contribution is -2.02. The first-order chi connectivity index (χ1) is 10.1. The molecule has 112 valence electrons. The van der Waals surface area contributed by atoms with E-state index in [1.54, 1.807) is 6.07 Å². The largest absolute Gasteiger partial charge is 0.478 e. The number of fused-ring (bicyclic) bond motifs is 1. The molecule has 3 rings (SSSR count). The second-order valence-electron chi connectivity index (χ2n) is 6.19. The minimum atomic E-state index is -0.849. The third-order valence-corrected chi connectivity index (χ3v) is 4.86. The lowest BCUT2D eigenvalue weighted by Gasteiger charge is -2.12. The zero-order chi connectivity index (χ0) is 15.0. The summed E-state index contributed by atoms with van der Waals surface area (Å²) in [5, 5.41) is 10.5. The van der Waals surface area contributed by atoms with Crippen molar-refractivity contribution in [2.24, 2.45) is 7.05 Å². The molecule has 3 nitrogen and oxygen atoms in total.